The Morgan fingerprint density at radius 1 is 0.741 bits per heavy atom. The van der Waals surface area contributed by atoms with Crippen LogP contribution in [-0.2, 0) is 19.1 Å². The van der Waals surface area contributed by atoms with E-state index in [1.807, 2.05) is 71.8 Å². The van der Waals surface area contributed by atoms with Gasteiger partial charge in [0.15, 0.2) is 0 Å². The van der Waals surface area contributed by atoms with Crippen molar-refractivity contribution in [3.63, 3.8) is 0 Å². The van der Waals surface area contributed by atoms with E-state index in [4.69, 9.17) is 9.47 Å². The second-order valence-corrected chi connectivity index (χ2v) is 13.8. The zero-order valence-corrected chi connectivity index (χ0v) is 32.1. The summed E-state index contributed by atoms with van der Waals surface area (Å²) in [6, 6.07) is 23.5. The minimum Gasteiger partial charge on any atom is -0.453 e. The molecule has 298 valence electrons. The van der Waals surface area contributed by atoms with Gasteiger partial charge in [-0.2, -0.15) is 0 Å². The van der Waals surface area contributed by atoms with Crippen molar-refractivity contribution < 1.29 is 28.7 Å². The van der Waals surface area contributed by atoms with Gasteiger partial charge in [0.2, 0.25) is 11.8 Å². The van der Waals surface area contributed by atoms with Gasteiger partial charge in [-0.25, -0.2) is 14.6 Å². The predicted molar refractivity (Wildman–Crippen MR) is 214 cm³/mol. The molecule has 0 spiro atoms. The van der Waals surface area contributed by atoms with Crippen LogP contribution in [0.1, 0.15) is 60.4 Å². The Morgan fingerprint density at radius 2 is 1.34 bits per heavy atom. The van der Waals surface area contributed by atoms with E-state index in [0.29, 0.717) is 40.6 Å². The summed E-state index contributed by atoms with van der Waals surface area (Å²) in [6.07, 6.45) is 6.92. The van der Waals surface area contributed by atoms with E-state index >= 15 is 0 Å². The summed E-state index contributed by atoms with van der Waals surface area (Å²) < 4.78 is 9.54. The number of nitrogens with one attached hydrogen (secondary N) is 6. The Bertz CT molecular complexity index is 2250. The van der Waals surface area contributed by atoms with E-state index in [1.165, 1.54) is 14.2 Å². The highest BCUT2D eigenvalue weighted by Gasteiger charge is 2.40. The number of imidazole rings is 1. The molecule has 5 aromatic rings. The largest absolute Gasteiger partial charge is 0.453 e. The molecule has 16 heteroatoms. The molecule has 2 aliphatic rings. The number of ether oxygens (including phenoxy) is 2. The number of aromatic amines is 1. The molecule has 0 radical (unpaired) electrons. The molecule has 1 unspecified atom stereocenters. The van der Waals surface area contributed by atoms with Crippen LogP contribution >= 0.6 is 0 Å². The lowest BCUT2D eigenvalue weighted by molar-refractivity contribution is -0.135. The number of H-pyrrole nitrogens is 1. The van der Waals surface area contributed by atoms with Crippen LogP contribution < -0.4 is 26.6 Å². The molecule has 0 saturated carbocycles. The number of methoxy groups -OCH3 is 2. The second-order valence-electron chi connectivity index (χ2n) is 13.8. The minimum atomic E-state index is -0.962. The van der Waals surface area contributed by atoms with Gasteiger partial charge in [-0.1, -0.05) is 84.9 Å². The van der Waals surface area contributed by atoms with Crippen LogP contribution in [0.15, 0.2) is 110 Å². The van der Waals surface area contributed by atoms with E-state index in [9.17, 15) is 19.2 Å². The molecule has 2 aromatic heterocycles. The van der Waals surface area contributed by atoms with Crippen molar-refractivity contribution in [2.45, 2.75) is 50.1 Å². The van der Waals surface area contributed by atoms with Crippen molar-refractivity contribution in [3.05, 3.63) is 132 Å². The SMILES string of the molecule is COC(=O)N[C@@H](C(=O)N[C@@H](C)c1ncc(-c2cnc(-c3ccc(C4=CNC([C@@H]5CCCN5C(=O)[C@H](NC(=O)OC)c5ccccc5)N4)cc3)cn2)[nH]1)c1ccccc1. The number of alkyl carbamates (subject to hydrolysis) is 2. The quantitative estimate of drug-likeness (QED) is 0.102. The lowest BCUT2D eigenvalue weighted by Gasteiger charge is -2.33. The van der Waals surface area contributed by atoms with Gasteiger partial charge in [0.05, 0.1) is 62.0 Å². The Hall–Kier alpha value is -7.23. The summed E-state index contributed by atoms with van der Waals surface area (Å²) in [6.45, 7) is 2.36. The molecule has 2 aliphatic heterocycles. The summed E-state index contributed by atoms with van der Waals surface area (Å²) >= 11 is 0. The number of aromatic nitrogens is 4. The minimum absolute atomic E-state index is 0.143. The summed E-state index contributed by atoms with van der Waals surface area (Å²) in [5.41, 5.74) is 5.88. The van der Waals surface area contributed by atoms with Crippen molar-refractivity contribution in [3.8, 4) is 22.6 Å². The third-order valence-corrected chi connectivity index (χ3v) is 10.1. The maximum atomic E-state index is 13.9. The van der Waals surface area contributed by atoms with Gasteiger partial charge < -0.3 is 45.9 Å². The Balaban J connectivity index is 0.958. The highest BCUT2D eigenvalue weighted by molar-refractivity contribution is 5.88. The number of nitrogens with zero attached hydrogens (tertiary/aromatic N) is 4. The van der Waals surface area contributed by atoms with Crippen molar-refractivity contribution >= 4 is 29.7 Å². The molecule has 58 heavy (non-hydrogen) atoms. The van der Waals surface area contributed by atoms with E-state index < -0.39 is 36.2 Å². The maximum Gasteiger partial charge on any atom is 0.407 e. The predicted octanol–water partition coefficient (Wildman–Crippen LogP) is 4.71. The number of likely N-dealkylation sites (tertiary alicyclic amines) is 1. The van der Waals surface area contributed by atoms with Gasteiger partial charge in [0, 0.05) is 18.3 Å². The monoisotopic (exact) mass is 784 g/mol. The molecule has 6 N–H and O–H groups in total. The first-order valence-electron chi connectivity index (χ1n) is 18.8. The molecule has 7 rings (SSSR count). The Labute approximate surface area is 334 Å². The van der Waals surface area contributed by atoms with Gasteiger partial charge in [0.25, 0.3) is 0 Å². The second kappa shape index (κ2) is 17.7. The normalized spacial score (nSPS) is 17.4. The molecule has 3 aromatic carbocycles. The summed E-state index contributed by atoms with van der Waals surface area (Å²) in [7, 11) is 2.52. The van der Waals surface area contributed by atoms with Gasteiger partial charge in [-0.15, -0.1) is 0 Å². The summed E-state index contributed by atoms with van der Waals surface area (Å²) in [5.74, 6) is -0.118. The number of benzene rings is 3. The molecule has 1 fully saturated rings. The van der Waals surface area contributed by atoms with Crippen LogP contribution in [0.2, 0.25) is 0 Å². The highest BCUT2D eigenvalue weighted by Crippen LogP contribution is 2.29. The van der Waals surface area contributed by atoms with Crippen LogP contribution in [-0.4, -0.2) is 81.8 Å². The third-order valence-electron chi connectivity index (χ3n) is 10.1. The van der Waals surface area contributed by atoms with Crippen LogP contribution in [0.25, 0.3) is 28.3 Å². The number of amides is 4. The number of hydrogen-bond acceptors (Lipinski definition) is 11. The number of rotatable bonds is 12. The lowest BCUT2D eigenvalue weighted by atomic mass is 10.0. The lowest BCUT2D eigenvalue weighted by Crippen LogP contribution is -2.54. The van der Waals surface area contributed by atoms with Gasteiger partial charge in [0.1, 0.15) is 29.8 Å². The number of carbonyl (C=O) groups is 4. The van der Waals surface area contributed by atoms with Gasteiger partial charge >= 0.3 is 12.2 Å². The van der Waals surface area contributed by atoms with Crippen molar-refractivity contribution in [2.24, 2.45) is 0 Å². The average molecular weight is 785 g/mol. The average Bonchev–Trinajstić information content (AvgIpc) is 4.07. The fraction of sp³-hybridized carbons (Fsp3) is 0.262. The summed E-state index contributed by atoms with van der Waals surface area (Å²) in [5, 5.41) is 15.2. The first kappa shape index (κ1) is 39.0. The first-order chi connectivity index (χ1) is 28.2. The molecule has 5 atom stereocenters. The number of carbonyl (C=O) groups excluding carboxylic acids is 4. The zero-order chi connectivity index (χ0) is 40.6. The van der Waals surface area contributed by atoms with Crippen molar-refractivity contribution in [1.29, 1.82) is 0 Å². The Morgan fingerprint density at radius 3 is 1.98 bits per heavy atom. The van der Waals surface area contributed by atoms with E-state index in [-0.39, 0.29) is 18.1 Å². The van der Waals surface area contributed by atoms with Crippen LogP contribution in [0.5, 0.6) is 0 Å². The van der Waals surface area contributed by atoms with E-state index in [2.05, 4.69) is 46.5 Å². The molecule has 0 aliphatic carbocycles. The molecule has 4 amide bonds. The van der Waals surface area contributed by atoms with Crippen LogP contribution in [0.4, 0.5) is 9.59 Å². The van der Waals surface area contributed by atoms with Crippen LogP contribution in [0.3, 0.4) is 0 Å². The van der Waals surface area contributed by atoms with Crippen molar-refractivity contribution in [2.75, 3.05) is 20.8 Å². The fourth-order valence-electron chi connectivity index (χ4n) is 7.10. The third kappa shape index (κ3) is 8.75. The van der Waals surface area contributed by atoms with Gasteiger partial charge in [-0.3, -0.25) is 19.6 Å². The standard InChI is InChI=1S/C42H44N10O6/c1-25(47-39(53)35(50-41(55)57-2)28-11-6-4-7-12-28)37-45-24-33(49-37)32-23-43-30(21-44-32)26-16-18-27(19-17-26)31-22-46-38(48-31)34-15-10-20-52(34)40(54)36(51-42(56)58-3)29-13-8-5-9-14-29/h4-9,11-14,16-19,21-25,34-36,38,46,48H,10,15,20H2,1-3H3,(H,45,49)(H,47,53)(H,50,55)(H,51,56)/t25-,34-,35+,36+,38?/m0/s1. The maximum absolute atomic E-state index is 13.9. The Kier molecular flexibility index (Phi) is 11.9. The zero-order valence-electron chi connectivity index (χ0n) is 32.1. The topological polar surface area (TPSA) is 205 Å². The first-order valence-corrected chi connectivity index (χ1v) is 18.8. The smallest absolute Gasteiger partial charge is 0.407 e. The highest BCUT2D eigenvalue weighted by atomic mass is 16.5. The van der Waals surface area contributed by atoms with E-state index in [1.54, 1.807) is 49.8 Å². The molecule has 0 bridgehead atoms. The molecule has 1 saturated heterocycles. The molecule has 16 nitrogen and oxygen atoms in total. The summed E-state index contributed by atoms with van der Waals surface area (Å²) in [4.78, 5) is 70.1. The van der Waals surface area contributed by atoms with Crippen LogP contribution in [0, 0.1) is 0 Å². The molecule has 4 heterocycles. The van der Waals surface area contributed by atoms with Gasteiger partial charge in [-0.05, 0) is 36.5 Å². The van der Waals surface area contributed by atoms with E-state index in [0.717, 1.165) is 29.7 Å². The molecular weight excluding hydrogens is 741 g/mol. The fourth-order valence-corrected chi connectivity index (χ4v) is 7.10. The van der Waals surface area contributed by atoms with Crippen molar-refractivity contribution in [1.82, 2.24) is 51.4 Å². The number of hydrogen-bond donors (Lipinski definition) is 6. The molecular formula is C42H44N10O6.